The van der Waals surface area contributed by atoms with E-state index in [1.165, 1.54) is 36.0 Å². The van der Waals surface area contributed by atoms with Crippen molar-refractivity contribution in [1.29, 1.82) is 0 Å². The van der Waals surface area contributed by atoms with Gasteiger partial charge in [0, 0.05) is 16.8 Å². The van der Waals surface area contributed by atoms with Gasteiger partial charge in [-0.05, 0) is 86.6 Å². The first kappa shape index (κ1) is 30.1. The third kappa shape index (κ3) is 7.16. The molecular weight excluding hydrogens is 609 g/mol. The van der Waals surface area contributed by atoms with Crippen molar-refractivity contribution in [2.45, 2.75) is 29.1 Å². The van der Waals surface area contributed by atoms with Crippen LogP contribution in [-0.4, -0.2) is 54.0 Å². The summed E-state index contributed by atoms with van der Waals surface area (Å²) in [6.45, 7) is 3.51. The largest absolute Gasteiger partial charge is 0.497 e. The third-order valence-electron chi connectivity index (χ3n) is 6.26. The molecule has 0 radical (unpaired) electrons. The van der Waals surface area contributed by atoms with E-state index in [9.17, 15) is 13.2 Å². The van der Waals surface area contributed by atoms with Gasteiger partial charge in [-0.1, -0.05) is 23.1 Å². The van der Waals surface area contributed by atoms with E-state index in [0.29, 0.717) is 15.9 Å². The highest BCUT2D eigenvalue weighted by Crippen LogP contribution is 2.35. The van der Waals surface area contributed by atoms with Crippen molar-refractivity contribution in [2.24, 2.45) is 0 Å². The highest BCUT2D eigenvalue weighted by molar-refractivity contribution is 8.00. The van der Waals surface area contributed by atoms with Crippen LogP contribution in [0.25, 0.3) is 22.5 Å². The molecule has 1 amide bonds. The van der Waals surface area contributed by atoms with Crippen LogP contribution in [0.1, 0.15) is 11.9 Å². The van der Waals surface area contributed by atoms with Crippen LogP contribution in [0.4, 0.5) is 10.8 Å². The Labute approximate surface area is 257 Å². The SMILES string of the molecule is COc1ccc(-c2nc(SC(C)C(=O)Nc3ccc(S(=O)(=O)Nc4nnc(C)s4)cc3)[nH]c2-c2ccc(OC)cc2)cc1. The van der Waals surface area contributed by atoms with E-state index in [1.807, 2.05) is 48.5 Å². The van der Waals surface area contributed by atoms with Crippen LogP contribution >= 0.6 is 23.1 Å². The summed E-state index contributed by atoms with van der Waals surface area (Å²) in [5.41, 5.74) is 3.79. The molecule has 0 saturated carbocycles. The van der Waals surface area contributed by atoms with Gasteiger partial charge in [-0.2, -0.15) is 0 Å². The average Bonchev–Trinajstić information content (AvgIpc) is 3.62. The summed E-state index contributed by atoms with van der Waals surface area (Å²) in [7, 11) is -0.612. The van der Waals surface area contributed by atoms with Crippen molar-refractivity contribution in [2.75, 3.05) is 24.3 Å². The predicted octanol–water partition coefficient (Wildman–Crippen LogP) is 5.84. The summed E-state index contributed by atoms with van der Waals surface area (Å²) >= 11 is 2.41. The molecule has 1 atom stereocenters. The lowest BCUT2D eigenvalue weighted by Gasteiger charge is -2.11. The Morgan fingerprint density at radius 2 is 1.51 bits per heavy atom. The second kappa shape index (κ2) is 12.9. The smallest absolute Gasteiger partial charge is 0.263 e. The van der Waals surface area contributed by atoms with Gasteiger partial charge in [-0.25, -0.2) is 13.4 Å². The number of aromatic nitrogens is 4. The number of thioether (sulfide) groups is 1. The van der Waals surface area contributed by atoms with Crippen LogP contribution in [0, 0.1) is 6.92 Å². The molecule has 0 bridgehead atoms. The zero-order chi connectivity index (χ0) is 30.6. The number of aromatic amines is 1. The zero-order valence-electron chi connectivity index (χ0n) is 23.6. The number of nitrogens with one attached hydrogen (secondary N) is 3. The number of ether oxygens (including phenoxy) is 2. The molecule has 0 aliphatic heterocycles. The number of carbonyl (C=O) groups excluding carboxylic acids is 1. The molecule has 0 spiro atoms. The van der Waals surface area contributed by atoms with Gasteiger partial charge in [-0.15, -0.1) is 10.2 Å². The van der Waals surface area contributed by atoms with Crippen LogP contribution in [-0.2, 0) is 14.8 Å². The summed E-state index contributed by atoms with van der Waals surface area (Å²) in [6.07, 6.45) is 0. The average molecular weight is 637 g/mol. The van der Waals surface area contributed by atoms with E-state index in [-0.39, 0.29) is 15.9 Å². The molecule has 0 aliphatic carbocycles. The van der Waals surface area contributed by atoms with E-state index in [4.69, 9.17) is 14.5 Å². The summed E-state index contributed by atoms with van der Waals surface area (Å²) in [6, 6.07) is 21.1. The molecule has 2 heterocycles. The van der Waals surface area contributed by atoms with Gasteiger partial charge in [0.2, 0.25) is 11.0 Å². The second-order valence-electron chi connectivity index (χ2n) is 9.23. The van der Waals surface area contributed by atoms with Gasteiger partial charge in [0.25, 0.3) is 10.0 Å². The summed E-state index contributed by atoms with van der Waals surface area (Å²) < 4.78 is 38.3. The molecule has 3 N–H and O–H groups in total. The van der Waals surface area contributed by atoms with Crippen molar-refractivity contribution >= 4 is 49.8 Å². The molecule has 5 rings (SSSR count). The molecule has 0 saturated heterocycles. The number of benzene rings is 3. The molecule has 1 unspecified atom stereocenters. The van der Waals surface area contributed by atoms with Crippen molar-refractivity contribution in [1.82, 2.24) is 20.2 Å². The Bertz CT molecular complexity index is 1750. The Morgan fingerprint density at radius 1 is 0.907 bits per heavy atom. The number of imidazole rings is 1. The monoisotopic (exact) mass is 636 g/mol. The zero-order valence-corrected chi connectivity index (χ0v) is 26.1. The maximum Gasteiger partial charge on any atom is 0.263 e. The van der Waals surface area contributed by atoms with E-state index in [0.717, 1.165) is 45.4 Å². The predicted molar refractivity (Wildman–Crippen MR) is 168 cm³/mol. The van der Waals surface area contributed by atoms with E-state index in [1.54, 1.807) is 28.1 Å². The van der Waals surface area contributed by atoms with Gasteiger partial charge < -0.3 is 19.8 Å². The van der Waals surface area contributed by atoms with Crippen molar-refractivity contribution in [3.63, 3.8) is 0 Å². The number of hydrogen-bond acceptors (Lipinski definition) is 10. The Hall–Kier alpha value is -4.40. The van der Waals surface area contributed by atoms with Gasteiger partial charge in [0.05, 0.1) is 35.8 Å². The second-order valence-corrected chi connectivity index (χ2v) is 13.4. The number of carbonyl (C=O) groups is 1. The minimum Gasteiger partial charge on any atom is -0.497 e. The molecule has 43 heavy (non-hydrogen) atoms. The van der Waals surface area contributed by atoms with Crippen LogP contribution in [0.5, 0.6) is 11.5 Å². The number of amides is 1. The standard InChI is InChI=1S/C29H28N6O5S3/c1-17(27(36)30-21-9-15-24(16-10-21)43(37,38)35-29-34-33-18(2)42-29)41-28-31-25(19-5-11-22(39-3)12-6-19)26(32-28)20-7-13-23(40-4)14-8-20/h5-17H,1-4H3,(H,30,36)(H,31,32)(H,34,35). The number of H-pyrrole nitrogens is 1. The number of hydrogen-bond donors (Lipinski definition) is 3. The number of rotatable bonds is 11. The molecule has 0 aliphatic rings. The fourth-order valence-electron chi connectivity index (χ4n) is 4.03. The van der Waals surface area contributed by atoms with Crippen LogP contribution in [0.2, 0.25) is 0 Å². The van der Waals surface area contributed by atoms with Crippen molar-refractivity contribution < 1.29 is 22.7 Å². The molecule has 0 fully saturated rings. The lowest BCUT2D eigenvalue weighted by molar-refractivity contribution is -0.115. The Balaban J connectivity index is 1.30. The minimum atomic E-state index is -3.84. The lowest BCUT2D eigenvalue weighted by atomic mass is 10.0. The first-order valence-electron chi connectivity index (χ1n) is 12.9. The molecular formula is C29H28N6O5S3. The molecule has 222 valence electrons. The number of sulfonamides is 1. The Morgan fingerprint density at radius 3 is 2.07 bits per heavy atom. The first-order valence-corrected chi connectivity index (χ1v) is 16.1. The number of aryl methyl sites for hydroxylation is 1. The fourth-order valence-corrected chi connectivity index (χ4v) is 6.65. The number of anilines is 2. The third-order valence-corrected chi connectivity index (χ3v) is 9.48. The minimum absolute atomic E-state index is 0.0356. The summed E-state index contributed by atoms with van der Waals surface area (Å²) in [5, 5.41) is 11.3. The van der Waals surface area contributed by atoms with Crippen LogP contribution in [0.15, 0.2) is 82.8 Å². The fraction of sp³-hybridized carbons (Fsp3) is 0.172. The van der Waals surface area contributed by atoms with Gasteiger partial charge >= 0.3 is 0 Å². The maximum absolute atomic E-state index is 13.1. The summed E-state index contributed by atoms with van der Waals surface area (Å²) in [4.78, 5) is 21.3. The van der Waals surface area contributed by atoms with Crippen molar-refractivity contribution in [3.8, 4) is 34.0 Å². The number of methoxy groups -OCH3 is 2. The van der Waals surface area contributed by atoms with Gasteiger partial charge in [0.15, 0.2) is 5.16 Å². The highest BCUT2D eigenvalue weighted by atomic mass is 32.2. The van der Waals surface area contributed by atoms with Crippen LogP contribution in [0.3, 0.4) is 0 Å². The maximum atomic E-state index is 13.1. The molecule has 5 aromatic rings. The van der Waals surface area contributed by atoms with E-state index >= 15 is 0 Å². The molecule has 3 aromatic carbocycles. The topological polar surface area (TPSA) is 148 Å². The lowest BCUT2D eigenvalue weighted by Crippen LogP contribution is -2.22. The van der Waals surface area contributed by atoms with Gasteiger partial charge in [0.1, 0.15) is 16.5 Å². The molecule has 14 heteroatoms. The highest BCUT2D eigenvalue weighted by Gasteiger charge is 2.21. The van der Waals surface area contributed by atoms with E-state index < -0.39 is 15.3 Å². The van der Waals surface area contributed by atoms with Gasteiger partial charge in [-0.3, -0.25) is 9.52 Å². The summed E-state index contributed by atoms with van der Waals surface area (Å²) in [5.74, 6) is 1.21. The first-order chi connectivity index (χ1) is 20.6. The Kier molecular flexibility index (Phi) is 8.99. The molecule has 11 nitrogen and oxygen atoms in total. The normalized spacial score (nSPS) is 12.0. The number of nitrogens with zero attached hydrogens (tertiary/aromatic N) is 3. The van der Waals surface area contributed by atoms with Crippen molar-refractivity contribution in [3.05, 3.63) is 77.8 Å². The molecule has 2 aromatic heterocycles. The quantitative estimate of drug-likeness (QED) is 0.152. The van der Waals surface area contributed by atoms with Crippen LogP contribution < -0.4 is 19.5 Å². The van der Waals surface area contributed by atoms with E-state index in [2.05, 4.69) is 25.2 Å².